The number of Topliss-reactive ketones (excluding diaryl/α,β-unsaturated/α-hetero) is 1. The van der Waals surface area contributed by atoms with Gasteiger partial charge in [-0.15, -0.1) is 5.10 Å². The van der Waals surface area contributed by atoms with E-state index in [2.05, 4.69) is 26.2 Å². The minimum atomic E-state index is -3.69. The van der Waals surface area contributed by atoms with Gasteiger partial charge in [-0.2, -0.15) is 4.31 Å². The van der Waals surface area contributed by atoms with Crippen LogP contribution in [0.4, 0.5) is 0 Å². The number of ketones is 1. The Bertz CT molecular complexity index is 653. The third-order valence-corrected chi connectivity index (χ3v) is 7.17. The van der Waals surface area contributed by atoms with Crippen molar-refractivity contribution >= 4 is 31.7 Å². The van der Waals surface area contributed by atoms with Crippen molar-refractivity contribution in [1.82, 2.24) is 19.3 Å². The van der Waals surface area contributed by atoms with E-state index >= 15 is 0 Å². The van der Waals surface area contributed by atoms with Crippen LogP contribution in [0.3, 0.4) is 0 Å². The van der Waals surface area contributed by atoms with Crippen LogP contribution in [-0.2, 0) is 21.9 Å². The molecular formula is C12H17BrN4O3S. The van der Waals surface area contributed by atoms with Crippen LogP contribution in [0.25, 0.3) is 0 Å². The monoisotopic (exact) mass is 376 g/mol. The highest BCUT2D eigenvalue weighted by Gasteiger charge is 2.45. The standard InChI is InChI=1S/C12H17BrN4O3S/c1-16-12(11(13)14-15-16)21(19,20)17-7-3-5-9(17)8-4-2-6-10(8)18/h8-9H,2-7H2,1H3. The van der Waals surface area contributed by atoms with Crippen LogP contribution in [0, 0.1) is 5.92 Å². The second kappa shape index (κ2) is 5.44. The molecule has 2 heterocycles. The van der Waals surface area contributed by atoms with E-state index in [1.807, 2.05) is 0 Å². The van der Waals surface area contributed by atoms with Crippen molar-refractivity contribution in [3.8, 4) is 0 Å². The van der Waals surface area contributed by atoms with Crippen LogP contribution >= 0.6 is 15.9 Å². The highest BCUT2D eigenvalue weighted by molar-refractivity contribution is 9.10. The second-order valence-corrected chi connectivity index (χ2v) is 8.16. The Hall–Kier alpha value is -0.800. The van der Waals surface area contributed by atoms with Gasteiger partial charge in [0, 0.05) is 32.0 Å². The van der Waals surface area contributed by atoms with Crippen molar-refractivity contribution < 1.29 is 13.2 Å². The van der Waals surface area contributed by atoms with Crippen LogP contribution < -0.4 is 0 Å². The Morgan fingerprint density at radius 1 is 1.29 bits per heavy atom. The van der Waals surface area contributed by atoms with Gasteiger partial charge in [-0.1, -0.05) is 5.21 Å². The number of halogens is 1. The molecule has 0 N–H and O–H groups in total. The summed E-state index contributed by atoms with van der Waals surface area (Å²) < 4.78 is 28.7. The summed E-state index contributed by atoms with van der Waals surface area (Å²) in [5, 5.41) is 7.54. The molecule has 0 radical (unpaired) electrons. The lowest BCUT2D eigenvalue weighted by Crippen LogP contribution is -2.42. The summed E-state index contributed by atoms with van der Waals surface area (Å²) in [6.07, 6.45) is 3.77. The molecule has 0 amide bonds. The normalized spacial score (nSPS) is 27.6. The number of aryl methyl sites for hydroxylation is 1. The van der Waals surface area contributed by atoms with Crippen molar-refractivity contribution in [1.29, 1.82) is 0 Å². The van der Waals surface area contributed by atoms with Gasteiger partial charge in [0.05, 0.1) is 0 Å². The lowest BCUT2D eigenvalue weighted by Gasteiger charge is -2.27. The molecule has 0 bridgehead atoms. The van der Waals surface area contributed by atoms with Gasteiger partial charge in [-0.05, 0) is 41.6 Å². The lowest BCUT2D eigenvalue weighted by molar-refractivity contribution is -0.121. The van der Waals surface area contributed by atoms with E-state index in [4.69, 9.17) is 0 Å². The maximum atomic E-state index is 12.9. The predicted octanol–water partition coefficient (Wildman–Crippen LogP) is 1.10. The number of nitrogens with zero attached hydrogens (tertiary/aromatic N) is 4. The summed E-state index contributed by atoms with van der Waals surface area (Å²) in [5.74, 6) is 0.0477. The molecule has 1 aromatic rings. The van der Waals surface area contributed by atoms with Gasteiger partial charge in [0.2, 0.25) is 5.03 Å². The average molecular weight is 377 g/mol. The van der Waals surface area contributed by atoms with Crippen molar-refractivity contribution in [2.45, 2.75) is 43.2 Å². The molecule has 1 aromatic heterocycles. The van der Waals surface area contributed by atoms with Gasteiger partial charge in [0.15, 0.2) is 4.60 Å². The molecule has 2 fully saturated rings. The van der Waals surface area contributed by atoms with E-state index in [0.717, 1.165) is 25.7 Å². The number of rotatable bonds is 3. The largest absolute Gasteiger partial charge is 0.299 e. The topological polar surface area (TPSA) is 85.2 Å². The van der Waals surface area contributed by atoms with Gasteiger partial charge in [0.1, 0.15) is 5.78 Å². The summed E-state index contributed by atoms with van der Waals surface area (Å²) in [6.45, 7) is 0.453. The molecule has 9 heteroatoms. The summed E-state index contributed by atoms with van der Waals surface area (Å²) in [5.41, 5.74) is 0. The van der Waals surface area contributed by atoms with Crippen molar-refractivity contribution in [3.05, 3.63) is 4.60 Å². The first kappa shape index (κ1) is 15.1. The first-order chi connectivity index (χ1) is 9.93. The van der Waals surface area contributed by atoms with E-state index in [9.17, 15) is 13.2 Å². The number of hydrogen-bond donors (Lipinski definition) is 0. The smallest absolute Gasteiger partial charge is 0.263 e. The van der Waals surface area contributed by atoms with Crippen molar-refractivity contribution in [2.75, 3.05) is 6.54 Å². The molecule has 0 aromatic carbocycles. The zero-order chi connectivity index (χ0) is 15.2. The van der Waals surface area contributed by atoms with E-state index in [-0.39, 0.29) is 27.4 Å². The Morgan fingerprint density at radius 3 is 2.62 bits per heavy atom. The lowest BCUT2D eigenvalue weighted by atomic mass is 9.96. The van der Waals surface area contributed by atoms with Gasteiger partial charge in [0.25, 0.3) is 10.0 Å². The molecule has 0 spiro atoms. The molecule has 21 heavy (non-hydrogen) atoms. The van der Waals surface area contributed by atoms with Gasteiger partial charge < -0.3 is 0 Å². The zero-order valence-electron chi connectivity index (χ0n) is 11.7. The minimum absolute atomic E-state index is 0.0554. The molecule has 2 unspecified atom stereocenters. The molecule has 7 nitrogen and oxygen atoms in total. The summed E-state index contributed by atoms with van der Waals surface area (Å²) in [6, 6.07) is -0.216. The number of hydrogen-bond acceptors (Lipinski definition) is 5. The number of carbonyl (C=O) groups excluding carboxylic acids is 1. The highest BCUT2D eigenvalue weighted by atomic mass is 79.9. The Morgan fingerprint density at radius 2 is 2.05 bits per heavy atom. The molecule has 1 aliphatic heterocycles. The molecule has 2 aliphatic rings. The van der Waals surface area contributed by atoms with Crippen LogP contribution in [0.2, 0.25) is 0 Å². The first-order valence-electron chi connectivity index (χ1n) is 7.02. The van der Waals surface area contributed by atoms with Crippen LogP contribution in [0.15, 0.2) is 9.63 Å². The maximum absolute atomic E-state index is 12.9. The third kappa shape index (κ3) is 2.44. The Kier molecular flexibility index (Phi) is 3.91. The van der Waals surface area contributed by atoms with Gasteiger partial charge in [-0.3, -0.25) is 4.79 Å². The van der Waals surface area contributed by atoms with E-state index in [1.54, 1.807) is 7.05 Å². The van der Waals surface area contributed by atoms with Gasteiger partial charge in [-0.25, -0.2) is 13.1 Å². The molecule has 1 saturated heterocycles. The summed E-state index contributed by atoms with van der Waals surface area (Å²) >= 11 is 3.15. The summed E-state index contributed by atoms with van der Waals surface area (Å²) in [4.78, 5) is 12.0. The van der Waals surface area contributed by atoms with Crippen LogP contribution in [-0.4, -0.2) is 46.1 Å². The maximum Gasteiger partial charge on any atom is 0.263 e. The Balaban J connectivity index is 1.96. The van der Waals surface area contributed by atoms with Crippen LogP contribution in [0.5, 0.6) is 0 Å². The number of aromatic nitrogens is 3. The van der Waals surface area contributed by atoms with E-state index in [0.29, 0.717) is 13.0 Å². The molecule has 1 aliphatic carbocycles. The molecule has 116 valence electrons. The fourth-order valence-electron chi connectivity index (χ4n) is 3.42. The fraction of sp³-hybridized carbons (Fsp3) is 0.750. The minimum Gasteiger partial charge on any atom is -0.299 e. The molecular weight excluding hydrogens is 360 g/mol. The molecule has 2 atom stereocenters. The third-order valence-electron chi connectivity index (χ3n) is 4.35. The van der Waals surface area contributed by atoms with E-state index in [1.165, 1.54) is 8.99 Å². The second-order valence-electron chi connectivity index (χ2n) is 5.60. The fourth-order valence-corrected chi connectivity index (χ4v) is 6.19. The first-order valence-corrected chi connectivity index (χ1v) is 9.26. The zero-order valence-corrected chi connectivity index (χ0v) is 14.1. The molecule has 3 rings (SSSR count). The van der Waals surface area contributed by atoms with Gasteiger partial charge >= 0.3 is 0 Å². The predicted molar refractivity (Wildman–Crippen MR) is 78.0 cm³/mol. The van der Waals surface area contributed by atoms with E-state index < -0.39 is 10.0 Å². The van der Waals surface area contributed by atoms with Crippen molar-refractivity contribution in [2.24, 2.45) is 13.0 Å². The van der Waals surface area contributed by atoms with Crippen LogP contribution in [0.1, 0.15) is 32.1 Å². The Labute approximate surface area is 131 Å². The average Bonchev–Trinajstić information content (AvgIpc) is 3.09. The number of sulfonamides is 1. The number of carbonyl (C=O) groups is 1. The highest BCUT2D eigenvalue weighted by Crippen LogP contribution is 2.37. The molecule has 1 saturated carbocycles. The summed E-state index contributed by atoms with van der Waals surface area (Å²) in [7, 11) is -2.14. The SMILES string of the molecule is Cn1nnc(Br)c1S(=O)(=O)N1CCCC1C1CCCC1=O. The quantitative estimate of drug-likeness (QED) is 0.788. The van der Waals surface area contributed by atoms with Crippen molar-refractivity contribution in [3.63, 3.8) is 0 Å².